The highest BCUT2D eigenvalue weighted by atomic mass is 79.9. The molecule has 0 aromatic heterocycles. The minimum absolute atomic E-state index is 0.344. The zero-order valence-corrected chi connectivity index (χ0v) is 14.9. The number of nitrogens with one attached hydrogen (secondary N) is 1. The lowest BCUT2D eigenvalue weighted by molar-refractivity contribution is 0.0118. The summed E-state index contributed by atoms with van der Waals surface area (Å²) in [5.74, 6) is 0. The van der Waals surface area contributed by atoms with Crippen LogP contribution in [0.2, 0.25) is 0 Å². The van der Waals surface area contributed by atoms with Crippen molar-refractivity contribution >= 4 is 15.9 Å². The molecule has 1 N–H and O–H groups in total. The number of halogens is 1. The molecule has 0 atom stereocenters. The number of hydrogen-bond acceptors (Lipinski definition) is 1. The first kappa shape index (κ1) is 16.0. The maximum absolute atomic E-state index is 3.68. The number of rotatable bonds is 6. The molecule has 2 heteroatoms. The molecule has 1 aliphatic rings. The fourth-order valence-corrected chi connectivity index (χ4v) is 4.03. The Labute approximate surface area is 132 Å². The molecule has 1 aromatic rings. The van der Waals surface area contributed by atoms with Crippen molar-refractivity contribution in [2.45, 2.75) is 64.8 Å². The van der Waals surface area contributed by atoms with Crippen molar-refractivity contribution in [2.24, 2.45) is 5.41 Å². The van der Waals surface area contributed by atoms with Crippen LogP contribution < -0.4 is 5.32 Å². The van der Waals surface area contributed by atoms with Crippen molar-refractivity contribution in [3.05, 3.63) is 34.3 Å². The molecule has 0 saturated heterocycles. The molecule has 1 aliphatic carbocycles. The van der Waals surface area contributed by atoms with Gasteiger partial charge in [0.05, 0.1) is 0 Å². The van der Waals surface area contributed by atoms with Gasteiger partial charge in [0.2, 0.25) is 0 Å². The third-order valence-corrected chi connectivity index (χ3v) is 5.76. The standard InChI is InChI=1S/C18H28BrN/c1-5-17(6-2)11-18(12-17,13-20-14(3)4)15-7-9-16(19)10-8-15/h7-10,14,20H,5-6,11-13H2,1-4H3. The van der Waals surface area contributed by atoms with Gasteiger partial charge in [-0.2, -0.15) is 0 Å². The van der Waals surface area contributed by atoms with E-state index in [2.05, 4.69) is 73.2 Å². The van der Waals surface area contributed by atoms with Crippen LogP contribution in [0, 0.1) is 5.41 Å². The molecule has 0 heterocycles. The van der Waals surface area contributed by atoms with Crippen LogP contribution in [0.25, 0.3) is 0 Å². The van der Waals surface area contributed by atoms with Crippen molar-refractivity contribution in [1.82, 2.24) is 5.32 Å². The van der Waals surface area contributed by atoms with Crippen LogP contribution in [0.1, 0.15) is 58.9 Å². The van der Waals surface area contributed by atoms with Gasteiger partial charge in [0.15, 0.2) is 0 Å². The lowest BCUT2D eigenvalue weighted by atomic mass is 9.48. The molecule has 0 radical (unpaired) electrons. The second-order valence-corrected chi connectivity index (χ2v) is 7.80. The minimum Gasteiger partial charge on any atom is -0.314 e. The fraction of sp³-hybridized carbons (Fsp3) is 0.667. The van der Waals surface area contributed by atoms with Gasteiger partial charge in [-0.05, 0) is 36.0 Å². The Hall–Kier alpha value is -0.340. The third-order valence-electron chi connectivity index (χ3n) is 5.23. The molecule has 0 unspecified atom stereocenters. The normalized spacial score (nSPS) is 19.9. The molecule has 1 saturated carbocycles. The quantitative estimate of drug-likeness (QED) is 0.744. The largest absolute Gasteiger partial charge is 0.314 e. The van der Waals surface area contributed by atoms with E-state index in [1.807, 2.05) is 0 Å². The summed E-state index contributed by atoms with van der Waals surface area (Å²) in [4.78, 5) is 0. The van der Waals surface area contributed by atoms with E-state index in [9.17, 15) is 0 Å². The van der Waals surface area contributed by atoms with Crippen LogP contribution >= 0.6 is 15.9 Å². The van der Waals surface area contributed by atoms with Gasteiger partial charge in [-0.25, -0.2) is 0 Å². The van der Waals surface area contributed by atoms with Gasteiger partial charge in [0.1, 0.15) is 0 Å². The Morgan fingerprint density at radius 1 is 1.10 bits per heavy atom. The third kappa shape index (κ3) is 3.12. The predicted octanol–water partition coefficient (Wildman–Crippen LogP) is 5.29. The van der Waals surface area contributed by atoms with E-state index in [1.165, 1.54) is 35.7 Å². The molecule has 1 nitrogen and oxygen atoms in total. The van der Waals surface area contributed by atoms with Crippen LogP contribution in [-0.4, -0.2) is 12.6 Å². The first-order valence-electron chi connectivity index (χ1n) is 7.95. The molecule has 1 aromatic carbocycles. The monoisotopic (exact) mass is 337 g/mol. The van der Waals surface area contributed by atoms with Crippen LogP contribution in [0.4, 0.5) is 0 Å². The van der Waals surface area contributed by atoms with Gasteiger partial charge in [0.25, 0.3) is 0 Å². The second kappa shape index (κ2) is 6.19. The van der Waals surface area contributed by atoms with Crippen molar-refractivity contribution in [1.29, 1.82) is 0 Å². The molecular formula is C18H28BrN. The zero-order chi connectivity index (χ0) is 14.8. The Kier molecular flexibility index (Phi) is 4.96. The summed E-state index contributed by atoms with van der Waals surface area (Å²) in [5.41, 5.74) is 2.43. The number of hydrogen-bond donors (Lipinski definition) is 1. The Balaban J connectivity index is 2.21. The van der Waals surface area contributed by atoms with Crippen molar-refractivity contribution in [3.8, 4) is 0 Å². The molecule has 1 fully saturated rings. The first-order valence-corrected chi connectivity index (χ1v) is 8.74. The van der Waals surface area contributed by atoms with Gasteiger partial charge in [0, 0.05) is 22.5 Å². The molecule has 112 valence electrons. The SMILES string of the molecule is CCC1(CC)CC(CNC(C)C)(c2ccc(Br)cc2)C1. The Morgan fingerprint density at radius 2 is 1.65 bits per heavy atom. The molecule has 0 bridgehead atoms. The lowest BCUT2D eigenvalue weighted by Gasteiger charge is -2.57. The van der Waals surface area contributed by atoms with Crippen LogP contribution in [0.3, 0.4) is 0 Å². The summed E-state index contributed by atoms with van der Waals surface area (Å²) in [6, 6.07) is 9.54. The Morgan fingerprint density at radius 3 is 2.10 bits per heavy atom. The average molecular weight is 338 g/mol. The summed E-state index contributed by atoms with van der Waals surface area (Å²) < 4.78 is 1.17. The van der Waals surface area contributed by atoms with Gasteiger partial charge in [-0.15, -0.1) is 0 Å². The van der Waals surface area contributed by atoms with Crippen LogP contribution in [0.5, 0.6) is 0 Å². The highest BCUT2D eigenvalue weighted by Crippen LogP contribution is 2.59. The lowest BCUT2D eigenvalue weighted by Crippen LogP contribution is -2.55. The highest BCUT2D eigenvalue weighted by Gasteiger charge is 2.52. The zero-order valence-electron chi connectivity index (χ0n) is 13.3. The molecule has 0 spiro atoms. The van der Waals surface area contributed by atoms with E-state index in [0.29, 0.717) is 16.9 Å². The van der Waals surface area contributed by atoms with Crippen LogP contribution in [0.15, 0.2) is 28.7 Å². The summed E-state index contributed by atoms with van der Waals surface area (Å²) in [7, 11) is 0. The van der Waals surface area contributed by atoms with Gasteiger partial charge >= 0.3 is 0 Å². The summed E-state index contributed by atoms with van der Waals surface area (Å²) >= 11 is 3.55. The van der Waals surface area contributed by atoms with E-state index < -0.39 is 0 Å². The van der Waals surface area contributed by atoms with E-state index >= 15 is 0 Å². The Bertz CT molecular complexity index is 423. The van der Waals surface area contributed by atoms with Gasteiger partial charge < -0.3 is 5.32 Å². The summed E-state index contributed by atoms with van der Waals surface area (Å²) in [6.07, 6.45) is 5.27. The van der Waals surface area contributed by atoms with Gasteiger partial charge in [-0.1, -0.05) is 68.6 Å². The predicted molar refractivity (Wildman–Crippen MR) is 91.2 cm³/mol. The molecule has 0 aliphatic heterocycles. The topological polar surface area (TPSA) is 12.0 Å². The molecule has 0 amide bonds. The summed E-state index contributed by atoms with van der Waals surface area (Å²) in [5, 5.41) is 3.68. The number of benzene rings is 1. The fourth-order valence-electron chi connectivity index (χ4n) is 3.77. The van der Waals surface area contributed by atoms with E-state index in [-0.39, 0.29) is 0 Å². The maximum Gasteiger partial charge on any atom is 0.0175 e. The first-order chi connectivity index (χ1) is 9.45. The van der Waals surface area contributed by atoms with Crippen molar-refractivity contribution in [2.75, 3.05) is 6.54 Å². The van der Waals surface area contributed by atoms with Crippen molar-refractivity contribution < 1.29 is 0 Å². The van der Waals surface area contributed by atoms with Crippen molar-refractivity contribution in [3.63, 3.8) is 0 Å². The summed E-state index contributed by atoms with van der Waals surface area (Å²) in [6.45, 7) is 10.3. The smallest absolute Gasteiger partial charge is 0.0175 e. The molecule has 20 heavy (non-hydrogen) atoms. The van der Waals surface area contributed by atoms with E-state index in [0.717, 1.165) is 6.54 Å². The second-order valence-electron chi connectivity index (χ2n) is 6.88. The average Bonchev–Trinajstić information content (AvgIpc) is 2.40. The van der Waals surface area contributed by atoms with Gasteiger partial charge in [-0.3, -0.25) is 0 Å². The van der Waals surface area contributed by atoms with E-state index in [4.69, 9.17) is 0 Å². The highest BCUT2D eigenvalue weighted by molar-refractivity contribution is 9.10. The molecular weight excluding hydrogens is 310 g/mol. The molecule has 2 rings (SSSR count). The van der Waals surface area contributed by atoms with Crippen LogP contribution in [-0.2, 0) is 5.41 Å². The minimum atomic E-state index is 0.344. The maximum atomic E-state index is 3.68. The van der Waals surface area contributed by atoms with E-state index in [1.54, 1.807) is 0 Å².